The maximum atomic E-state index is 12.3. The van der Waals surface area contributed by atoms with E-state index in [4.69, 9.17) is 0 Å². The molecular weight excluding hydrogens is 360 g/mol. The minimum atomic E-state index is -0.0782. The number of anilines is 1. The Balaban J connectivity index is 1.70. The quantitative estimate of drug-likeness (QED) is 0.630. The molecule has 27 heavy (non-hydrogen) atoms. The molecule has 2 aromatic carbocycles. The second-order valence-electron chi connectivity index (χ2n) is 6.18. The number of rotatable bonds is 6. The van der Waals surface area contributed by atoms with Crippen LogP contribution in [-0.2, 0) is 11.3 Å². The van der Waals surface area contributed by atoms with Crippen LogP contribution < -0.4 is 5.32 Å². The van der Waals surface area contributed by atoms with Crippen molar-refractivity contribution in [1.29, 1.82) is 0 Å². The highest BCUT2D eigenvalue weighted by Gasteiger charge is 2.15. The summed E-state index contributed by atoms with van der Waals surface area (Å²) in [5, 5.41) is 21.6. The van der Waals surface area contributed by atoms with E-state index in [9.17, 15) is 9.90 Å². The van der Waals surface area contributed by atoms with Crippen molar-refractivity contribution in [1.82, 2.24) is 14.8 Å². The maximum Gasteiger partial charge on any atom is 0.234 e. The van der Waals surface area contributed by atoms with E-state index >= 15 is 0 Å². The average molecular weight is 382 g/mol. The van der Waals surface area contributed by atoms with Gasteiger partial charge in [-0.1, -0.05) is 23.9 Å². The number of hydrogen-bond donors (Lipinski definition) is 2. The Morgan fingerprint density at radius 3 is 2.59 bits per heavy atom. The van der Waals surface area contributed by atoms with E-state index in [0.29, 0.717) is 11.7 Å². The predicted molar refractivity (Wildman–Crippen MR) is 108 cm³/mol. The second kappa shape index (κ2) is 8.26. The van der Waals surface area contributed by atoms with Crippen molar-refractivity contribution in [2.45, 2.75) is 32.5 Å². The van der Waals surface area contributed by atoms with Gasteiger partial charge in [0.15, 0.2) is 11.0 Å². The Morgan fingerprint density at radius 2 is 1.89 bits per heavy atom. The minimum Gasteiger partial charge on any atom is -0.508 e. The van der Waals surface area contributed by atoms with Crippen LogP contribution in [0.4, 0.5) is 5.69 Å². The summed E-state index contributed by atoms with van der Waals surface area (Å²) >= 11 is 1.36. The number of phenols is 1. The zero-order chi connectivity index (χ0) is 19.4. The highest BCUT2D eigenvalue weighted by molar-refractivity contribution is 7.99. The molecule has 7 heteroatoms. The number of carbonyl (C=O) groups excluding carboxylic acids is 1. The van der Waals surface area contributed by atoms with Gasteiger partial charge in [-0.25, -0.2) is 0 Å². The van der Waals surface area contributed by atoms with E-state index in [0.717, 1.165) is 28.2 Å². The number of hydrogen-bond acceptors (Lipinski definition) is 5. The molecule has 1 aromatic heterocycles. The second-order valence-corrected chi connectivity index (χ2v) is 7.12. The van der Waals surface area contributed by atoms with Crippen molar-refractivity contribution in [3.63, 3.8) is 0 Å². The highest BCUT2D eigenvalue weighted by Crippen LogP contribution is 2.25. The van der Waals surface area contributed by atoms with E-state index in [2.05, 4.69) is 15.5 Å². The number of phenolic OH excluding ortho intramolecular Hbond substituents is 1. The number of nitrogens with one attached hydrogen (secondary N) is 1. The molecular formula is C20H22N4O2S. The zero-order valence-corrected chi connectivity index (χ0v) is 16.4. The van der Waals surface area contributed by atoms with E-state index in [1.54, 1.807) is 24.3 Å². The summed E-state index contributed by atoms with van der Waals surface area (Å²) in [6.45, 7) is 6.71. The highest BCUT2D eigenvalue weighted by atomic mass is 32.2. The van der Waals surface area contributed by atoms with Gasteiger partial charge in [0, 0.05) is 17.8 Å². The fraction of sp³-hybridized carbons (Fsp3) is 0.250. The third-order valence-corrected chi connectivity index (χ3v) is 5.34. The Bertz CT molecular complexity index is 951. The zero-order valence-electron chi connectivity index (χ0n) is 15.6. The maximum absolute atomic E-state index is 12.3. The first kappa shape index (κ1) is 19.0. The summed E-state index contributed by atoms with van der Waals surface area (Å²) in [6.07, 6.45) is 0. The molecule has 0 aliphatic carbocycles. The van der Waals surface area contributed by atoms with E-state index in [1.807, 2.05) is 43.5 Å². The summed E-state index contributed by atoms with van der Waals surface area (Å²) in [7, 11) is 0. The van der Waals surface area contributed by atoms with Crippen LogP contribution in [0.15, 0.2) is 47.6 Å². The first-order valence-electron chi connectivity index (χ1n) is 8.71. The average Bonchev–Trinajstić information content (AvgIpc) is 3.07. The third-order valence-electron chi connectivity index (χ3n) is 4.37. The van der Waals surface area contributed by atoms with Crippen LogP contribution in [0.5, 0.6) is 5.75 Å². The van der Waals surface area contributed by atoms with Crippen molar-refractivity contribution < 1.29 is 9.90 Å². The van der Waals surface area contributed by atoms with Crippen LogP contribution in [0.1, 0.15) is 18.1 Å². The van der Waals surface area contributed by atoms with Crippen molar-refractivity contribution >= 4 is 23.4 Å². The van der Waals surface area contributed by atoms with Gasteiger partial charge in [-0.05, 0) is 62.2 Å². The number of aromatic hydroxyl groups is 1. The fourth-order valence-electron chi connectivity index (χ4n) is 2.71. The summed E-state index contributed by atoms with van der Waals surface area (Å²) in [6, 6.07) is 12.7. The van der Waals surface area contributed by atoms with Crippen molar-refractivity contribution in [2.24, 2.45) is 0 Å². The first-order chi connectivity index (χ1) is 13.0. The molecule has 0 atom stereocenters. The number of nitrogens with zero attached hydrogens (tertiary/aromatic N) is 3. The molecule has 0 unspecified atom stereocenters. The van der Waals surface area contributed by atoms with Crippen molar-refractivity contribution in [2.75, 3.05) is 11.1 Å². The smallest absolute Gasteiger partial charge is 0.234 e. The monoisotopic (exact) mass is 382 g/mol. The number of thioether (sulfide) groups is 1. The lowest BCUT2D eigenvalue weighted by Crippen LogP contribution is -2.15. The van der Waals surface area contributed by atoms with Crippen LogP contribution in [0.25, 0.3) is 11.4 Å². The van der Waals surface area contributed by atoms with Crippen LogP contribution in [0, 0.1) is 13.8 Å². The molecule has 0 aliphatic heterocycles. The van der Waals surface area contributed by atoms with Gasteiger partial charge in [-0.2, -0.15) is 0 Å². The molecule has 0 fully saturated rings. The lowest BCUT2D eigenvalue weighted by Gasteiger charge is -2.10. The van der Waals surface area contributed by atoms with Gasteiger partial charge in [-0.15, -0.1) is 10.2 Å². The Kier molecular flexibility index (Phi) is 5.81. The Hall–Kier alpha value is -2.80. The molecule has 3 rings (SSSR count). The molecule has 0 bridgehead atoms. The van der Waals surface area contributed by atoms with Gasteiger partial charge in [0.2, 0.25) is 5.91 Å². The summed E-state index contributed by atoms with van der Waals surface area (Å²) in [4.78, 5) is 12.3. The molecule has 2 N–H and O–H groups in total. The molecule has 3 aromatic rings. The summed E-state index contributed by atoms with van der Waals surface area (Å²) < 4.78 is 1.96. The number of aromatic nitrogens is 3. The summed E-state index contributed by atoms with van der Waals surface area (Å²) in [5.41, 5.74) is 3.92. The lowest BCUT2D eigenvalue weighted by atomic mass is 10.1. The van der Waals surface area contributed by atoms with Gasteiger partial charge in [0.05, 0.1) is 5.75 Å². The molecule has 0 radical (unpaired) electrons. The van der Waals surface area contributed by atoms with Crippen LogP contribution >= 0.6 is 11.8 Å². The van der Waals surface area contributed by atoms with Gasteiger partial charge in [-0.3, -0.25) is 4.79 Å². The normalized spacial score (nSPS) is 10.8. The van der Waals surface area contributed by atoms with Gasteiger partial charge >= 0.3 is 0 Å². The van der Waals surface area contributed by atoms with Gasteiger partial charge < -0.3 is 15.0 Å². The first-order valence-corrected chi connectivity index (χ1v) is 9.69. The molecule has 1 amide bonds. The van der Waals surface area contributed by atoms with Crippen molar-refractivity contribution in [3.05, 3.63) is 53.6 Å². The molecule has 0 aliphatic rings. The molecule has 0 saturated heterocycles. The number of amides is 1. The Labute approximate surface area is 162 Å². The topological polar surface area (TPSA) is 80.0 Å². The standard InChI is InChI=1S/C20H22N4O2S/c1-4-24-19(15-8-10-16(25)11-9-15)22-23-20(24)27-12-18(26)21-17-7-5-6-13(2)14(17)3/h5-11,25H,4,12H2,1-3H3,(H,21,26). The van der Waals surface area contributed by atoms with E-state index < -0.39 is 0 Å². The molecule has 1 heterocycles. The van der Waals surface area contributed by atoms with E-state index in [-0.39, 0.29) is 17.4 Å². The predicted octanol–water partition coefficient (Wildman–Crippen LogP) is 4.02. The Morgan fingerprint density at radius 1 is 1.15 bits per heavy atom. The van der Waals surface area contributed by atoms with Crippen molar-refractivity contribution in [3.8, 4) is 17.1 Å². The minimum absolute atomic E-state index is 0.0782. The van der Waals surface area contributed by atoms with Crippen LogP contribution in [-0.4, -0.2) is 31.5 Å². The third kappa shape index (κ3) is 4.31. The molecule has 0 saturated carbocycles. The van der Waals surface area contributed by atoms with Crippen LogP contribution in [0.3, 0.4) is 0 Å². The SMILES string of the molecule is CCn1c(SCC(=O)Nc2cccc(C)c2C)nnc1-c1ccc(O)cc1. The molecule has 0 spiro atoms. The number of benzene rings is 2. The fourth-order valence-corrected chi connectivity index (χ4v) is 3.51. The number of aryl methyl sites for hydroxylation is 1. The largest absolute Gasteiger partial charge is 0.508 e. The van der Waals surface area contributed by atoms with Gasteiger partial charge in [0.25, 0.3) is 0 Å². The van der Waals surface area contributed by atoms with Gasteiger partial charge in [0.1, 0.15) is 5.75 Å². The number of carbonyl (C=O) groups is 1. The summed E-state index contributed by atoms with van der Waals surface area (Å²) in [5.74, 6) is 1.10. The van der Waals surface area contributed by atoms with Crippen LogP contribution in [0.2, 0.25) is 0 Å². The molecule has 140 valence electrons. The van der Waals surface area contributed by atoms with E-state index in [1.165, 1.54) is 11.8 Å². The molecule has 6 nitrogen and oxygen atoms in total. The lowest BCUT2D eigenvalue weighted by molar-refractivity contribution is -0.113.